The highest BCUT2D eigenvalue weighted by Gasteiger charge is 2.36. The molecule has 12 heteroatoms. The molecule has 1 atom stereocenters. The first-order valence-corrected chi connectivity index (χ1v) is 16.0. The topological polar surface area (TPSA) is 96.0 Å². The van der Waals surface area contributed by atoms with E-state index < -0.39 is 16.1 Å². The zero-order valence-electron chi connectivity index (χ0n) is 22.2. The number of nitrogens with one attached hydrogen (secondary N) is 1. The molecule has 0 saturated heterocycles. The molecule has 3 aromatic rings. The maximum atomic E-state index is 13.9. The van der Waals surface area contributed by atoms with Crippen molar-refractivity contribution in [3.05, 3.63) is 80.0 Å². The number of halogens is 2. The van der Waals surface area contributed by atoms with Crippen molar-refractivity contribution in [2.75, 3.05) is 38.2 Å². The lowest BCUT2D eigenvalue weighted by atomic mass is 9.93. The number of amides is 2. The highest BCUT2D eigenvalue weighted by Crippen LogP contribution is 2.41. The normalized spacial score (nSPS) is 15.2. The molecular weight excluding hydrogens is 593 g/mol. The number of ether oxygens (including phenoxy) is 1. The van der Waals surface area contributed by atoms with E-state index >= 15 is 0 Å². The number of benzene rings is 2. The Morgan fingerprint density at radius 1 is 1.12 bits per heavy atom. The number of hydrogen-bond acceptors (Lipinski definition) is 6. The van der Waals surface area contributed by atoms with E-state index in [1.165, 1.54) is 40.4 Å². The number of carbonyl (C=O) groups is 2. The van der Waals surface area contributed by atoms with Crippen LogP contribution in [0.1, 0.15) is 42.3 Å². The fourth-order valence-electron chi connectivity index (χ4n) is 4.72. The molecule has 0 saturated carbocycles. The predicted octanol–water partition coefficient (Wildman–Crippen LogP) is 5.60. The third-order valence-electron chi connectivity index (χ3n) is 6.57. The molecule has 4 rings (SSSR count). The van der Waals surface area contributed by atoms with Gasteiger partial charge in [-0.3, -0.25) is 9.59 Å². The van der Waals surface area contributed by atoms with Gasteiger partial charge in [-0.15, -0.1) is 11.3 Å². The van der Waals surface area contributed by atoms with Crippen LogP contribution < -0.4 is 5.32 Å². The Morgan fingerprint density at radius 2 is 1.88 bits per heavy atom. The van der Waals surface area contributed by atoms with E-state index in [4.69, 9.17) is 27.9 Å². The van der Waals surface area contributed by atoms with Crippen LogP contribution in [0.2, 0.25) is 10.0 Å². The molecule has 0 aliphatic carbocycles. The molecule has 0 bridgehead atoms. The quantitative estimate of drug-likeness (QED) is 0.280. The lowest BCUT2D eigenvalue weighted by Gasteiger charge is -2.38. The van der Waals surface area contributed by atoms with E-state index in [1.807, 2.05) is 24.4 Å². The third kappa shape index (κ3) is 7.05. The largest absolute Gasteiger partial charge is 0.382 e. The molecule has 40 heavy (non-hydrogen) atoms. The molecule has 214 valence electrons. The van der Waals surface area contributed by atoms with Gasteiger partial charge in [0, 0.05) is 53.8 Å². The van der Waals surface area contributed by atoms with Crippen LogP contribution in [0.25, 0.3) is 0 Å². The first kappa shape index (κ1) is 30.5. The van der Waals surface area contributed by atoms with Crippen LogP contribution in [0.15, 0.2) is 58.8 Å². The molecule has 0 spiro atoms. The van der Waals surface area contributed by atoms with Crippen molar-refractivity contribution in [3.63, 3.8) is 0 Å². The van der Waals surface area contributed by atoms with Gasteiger partial charge >= 0.3 is 0 Å². The summed E-state index contributed by atoms with van der Waals surface area (Å²) in [6.45, 7) is 4.30. The molecule has 8 nitrogen and oxygen atoms in total. The van der Waals surface area contributed by atoms with Gasteiger partial charge in [-0.2, -0.15) is 4.31 Å². The zero-order chi connectivity index (χ0) is 28.9. The molecular formula is C28H31Cl2N3O5S2. The van der Waals surface area contributed by atoms with Crippen molar-refractivity contribution in [3.8, 4) is 0 Å². The van der Waals surface area contributed by atoms with E-state index in [0.717, 1.165) is 11.1 Å². The minimum Gasteiger partial charge on any atom is -0.382 e. The Hall–Kier alpha value is -2.47. The summed E-state index contributed by atoms with van der Waals surface area (Å²) in [6.07, 6.45) is 1.09. The lowest BCUT2D eigenvalue weighted by Crippen LogP contribution is -2.47. The molecule has 2 aromatic carbocycles. The Labute approximate surface area is 248 Å². The second-order valence-electron chi connectivity index (χ2n) is 9.30. The Balaban J connectivity index is 1.64. The van der Waals surface area contributed by atoms with Crippen LogP contribution in [0.5, 0.6) is 0 Å². The summed E-state index contributed by atoms with van der Waals surface area (Å²) in [4.78, 5) is 28.2. The van der Waals surface area contributed by atoms with Crippen LogP contribution in [-0.4, -0.2) is 62.3 Å². The van der Waals surface area contributed by atoms with Crippen molar-refractivity contribution >= 4 is 62.1 Å². The summed E-state index contributed by atoms with van der Waals surface area (Å²) in [5, 5.41) is 5.55. The number of carbonyl (C=O) groups excluding carboxylic acids is 2. The molecule has 0 fully saturated rings. The number of anilines is 1. The molecule has 2 heterocycles. The average Bonchev–Trinajstić information content (AvgIpc) is 3.39. The van der Waals surface area contributed by atoms with Crippen LogP contribution >= 0.6 is 34.5 Å². The number of rotatable bonds is 11. The predicted molar refractivity (Wildman–Crippen MR) is 159 cm³/mol. The fourth-order valence-corrected chi connectivity index (χ4v) is 7.56. The van der Waals surface area contributed by atoms with Gasteiger partial charge in [0.1, 0.15) is 0 Å². The monoisotopic (exact) mass is 623 g/mol. The van der Waals surface area contributed by atoms with E-state index in [2.05, 4.69) is 5.32 Å². The van der Waals surface area contributed by atoms with E-state index in [0.29, 0.717) is 48.3 Å². The minimum atomic E-state index is -4.04. The van der Waals surface area contributed by atoms with Crippen molar-refractivity contribution < 1.29 is 22.7 Å². The molecule has 1 aromatic heterocycles. The van der Waals surface area contributed by atoms with Crippen LogP contribution in [0.3, 0.4) is 0 Å². The summed E-state index contributed by atoms with van der Waals surface area (Å²) >= 11 is 14.4. The lowest BCUT2D eigenvalue weighted by molar-refractivity contribution is -0.133. The van der Waals surface area contributed by atoms with Crippen molar-refractivity contribution in [2.45, 2.75) is 37.6 Å². The number of fused-ring (bicyclic) bond motifs is 1. The maximum absolute atomic E-state index is 13.9. The van der Waals surface area contributed by atoms with Gasteiger partial charge in [-0.25, -0.2) is 8.42 Å². The zero-order valence-corrected chi connectivity index (χ0v) is 25.4. The van der Waals surface area contributed by atoms with Gasteiger partial charge in [-0.1, -0.05) is 29.3 Å². The van der Waals surface area contributed by atoms with Gasteiger partial charge in [0.2, 0.25) is 21.8 Å². The smallest absolute Gasteiger partial charge is 0.243 e. The Kier molecular flexibility index (Phi) is 10.3. The first-order chi connectivity index (χ1) is 19.1. The van der Waals surface area contributed by atoms with Gasteiger partial charge in [0.05, 0.1) is 17.5 Å². The van der Waals surface area contributed by atoms with Gasteiger partial charge in [0.15, 0.2) is 0 Å². The van der Waals surface area contributed by atoms with Gasteiger partial charge < -0.3 is 15.0 Å². The van der Waals surface area contributed by atoms with E-state index in [1.54, 1.807) is 28.4 Å². The van der Waals surface area contributed by atoms with Gasteiger partial charge in [-0.05, 0) is 78.7 Å². The molecule has 1 unspecified atom stereocenters. The van der Waals surface area contributed by atoms with E-state index in [9.17, 15) is 18.0 Å². The fraction of sp³-hybridized carbons (Fsp3) is 0.357. The van der Waals surface area contributed by atoms with Crippen molar-refractivity contribution in [1.82, 2.24) is 9.21 Å². The van der Waals surface area contributed by atoms with Crippen molar-refractivity contribution in [2.24, 2.45) is 0 Å². The van der Waals surface area contributed by atoms with Crippen LogP contribution in [0, 0.1) is 0 Å². The maximum Gasteiger partial charge on any atom is 0.243 e. The summed E-state index contributed by atoms with van der Waals surface area (Å²) < 4.78 is 34.1. The second kappa shape index (κ2) is 13.5. The first-order valence-electron chi connectivity index (χ1n) is 12.9. The Morgan fingerprint density at radius 3 is 2.55 bits per heavy atom. The standard InChI is InChI=1S/C28H31Cl2N3O5S2/c1-3-38-15-4-13-32(40(36,37)22-8-6-21(7-9-22)31-19(2)34)18-27(35)33-14-11-26-24(12-16-39-26)28(33)23-10-5-20(29)17-25(23)30/h5-10,12,16-17,28H,3-4,11,13-15,18H2,1-2H3,(H,31,34). The van der Waals surface area contributed by atoms with Gasteiger partial charge in [0.25, 0.3) is 0 Å². The average molecular weight is 625 g/mol. The van der Waals surface area contributed by atoms with Crippen LogP contribution in [0.4, 0.5) is 5.69 Å². The number of hydrogen-bond donors (Lipinski definition) is 1. The Bertz CT molecular complexity index is 1460. The molecule has 1 aliphatic rings. The van der Waals surface area contributed by atoms with Crippen molar-refractivity contribution in [1.29, 1.82) is 0 Å². The molecule has 1 N–H and O–H groups in total. The number of thiophene rings is 1. The SMILES string of the molecule is CCOCCCN(CC(=O)N1CCc2sccc2C1c1ccc(Cl)cc1Cl)S(=O)(=O)c1ccc(NC(C)=O)cc1. The summed E-state index contributed by atoms with van der Waals surface area (Å²) in [7, 11) is -4.04. The minimum absolute atomic E-state index is 0.0295. The highest BCUT2D eigenvalue weighted by atomic mass is 35.5. The molecule has 0 radical (unpaired) electrons. The highest BCUT2D eigenvalue weighted by molar-refractivity contribution is 7.89. The van der Waals surface area contributed by atoms with E-state index in [-0.39, 0.29) is 29.8 Å². The molecule has 1 aliphatic heterocycles. The summed E-state index contributed by atoms with van der Waals surface area (Å²) in [6, 6.07) is 12.6. The summed E-state index contributed by atoms with van der Waals surface area (Å²) in [5.74, 6) is -0.591. The summed E-state index contributed by atoms with van der Waals surface area (Å²) in [5.41, 5.74) is 2.19. The number of sulfonamides is 1. The molecule has 2 amide bonds. The van der Waals surface area contributed by atoms with Crippen LogP contribution in [-0.2, 0) is 30.8 Å². The second-order valence-corrected chi connectivity index (χ2v) is 13.1. The number of nitrogens with zero attached hydrogens (tertiary/aromatic N) is 2. The third-order valence-corrected chi connectivity index (χ3v) is 9.99.